The maximum absolute atomic E-state index is 12.6. The predicted octanol–water partition coefficient (Wildman–Crippen LogP) is 4.99. The maximum Gasteiger partial charge on any atom is 0.416 e. The van der Waals surface area contributed by atoms with E-state index in [1.807, 2.05) is 6.92 Å². The minimum Gasteiger partial charge on any atom is -0.200 e. The summed E-state index contributed by atoms with van der Waals surface area (Å²) in [5.74, 6) is 0. The molecule has 0 bridgehead atoms. The summed E-state index contributed by atoms with van der Waals surface area (Å²) in [6.07, 6.45) is -3.02. The molecule has 0 radical (unpaired) electrons. The minimum atomic E-state index is -4.37. The lowest BCUT2D eigenvalue weighted by molar-refractivity contribution is -0.137. The van der Waals surface area contributed by atoms with E-state index in [4.69, 9.17) is 0 Å². The van der Waals surface area contributed by atoms with Crippen molar-refractivity contribution in [2.75, 3.05) is 0 Å². The molecule has 0 aliphatic carbocycles. The van der Waals surface area contributed by atoms with E-state index < -0.39 is 21.8 Å². The number of halogens is 3. The summed E-state index contributed by atoms with van der Waals surface area (Å²) in [6.45, 7) is 1.86. The molecule has 0 aliphatic heterocycles. The van der Waals surface area contributed by atoms with Gasteiger partial charge in [0.25, 0.3) is 10.0 Å². The molecule has 0 saturated heterocycles. The monoisotopic (exact) mass is 418 g/mol. The molecule has 8 heteroatoms. The molecule has 0 heterocycles. The van der Waals surface area contributed by atoms with Gasteiger partial charge in [-0.2, -0.15) is 26.7 Å². The second-order valence-electron chi connectivity index (χ2n) is 6.36. The zero-order valence-corrected chi connectivity index (χ0v) is 16.1. The van der Waals surface area contributed by atoms with Crippen molar-refractivity contribution in [1.82, 2.24) is 4.83 Å². The summed E-state index contributed by atoms with van der Waals surface area (Å²) < 4.78 is 62.3. The van der Waals surface area contributed by atoms with Crippen LogP contribution in [0.5, 0.6) is 0 Å². The molecule has 3 aromatic rings. The number of hydrogen-bond donors (Lipinski definition) is 1. The van der Waals surface area contributed by atoms with Crippen molar-refractivity contribution >= 4 is 16.2 Å². The SMILES string of the molecule is Cc1ccc(S(=O)(=O)N/N=C\c2ccc(-c3ccc(C(F)(F)F)cc3)cc2)cc1. The van der Waals surface area contributed by atoms with E-state index in [2.05, 4.69) is 9.93 Å². The van der Waals surface area contributed by atoms with Crippen molar-refractivity contribution in [3.8, 4) is 11.1 Å². The predicted molar refractivity (Wildman–Crippen MR) is 106 cm³/mol. The molecular weight excluding hydrogens is 401 g/mol. The van der Waals surface area contributed by atoms with Gasteiger partial charge in [-0.15, -0.1) is 0 Å². The first-order chi connectivity index (χ1) is 13.6. The summed E-state index contributed by atoms with van der Waals surface area (Å²) >= 11 is 0. The van der Waals surface area contributed by atoms with Gasteiger partial charge in [0, 0.05) is 0 Å². The summed E-state index contributed by atoms with van der Waals surface area (Å²) in [6, 6.07) is 18.1. The van der Waals surface area contributed by atoms with E-state index in [0.29, 0.717) is 11.1 Å². The molecule has 3 aromatic carbocycles. The van der Waals surface area contributed by atoms with Gasteiger partial charge in [-0.25, -0.2) is 4.83 Å². The first-order valence-corrected chi connectivity index (χ1v) is 10.0. The van der Waals surface area contributed by atoms with Crippen molar-refractivity contribution in [2.45, 2.75) is 18.0 Å². The molecule has 0 atom stereocenters. The highest BCUT2D eigenvalue weighted by Crippen LogP contribution is 2.31. The molecule has 0 spiro atoms. The Bertz CT molecular complexity index is 1100. The van der Waals surface area contributed by atoms with Crippen LogP contribution in [0.25, 0.3) is 11.1 Å². The number of hydrogen-bond acceptors (Lipinski definition) is 3. The fraction of sp³-hybridized carbons (Fsp3) is 0.0952. The molecule has 150 valence electrons. The molecular formula is C21H17F3N2O2S. The molecule has 4 nitrogen and oxygen atoms in total. The van der Waals surface area contributed by atoms with Crippen LogP contribution in [-0.4, -0.2) is 14.6 Å². The fourth-order valence-corrected chi connectivity index (χ4v) is 3.34. The molecule has 0 saturated carbocycles. The number of benzene rings is 3. The lowest BCUT2D eigenvalue weighted by Crippen LogP contribution is -2.18. The highest BCUT2D eigenvalue weighted by atomic mass is 32.2. The van der Waals surface area contributed by atoms with E-state index in [1.54, 1.807) is 36.4 Å². The van der Waals surface area contributed by atoms with E-state index in [1.165, 1.54) is 30.5 Å². The van der Waals surface area contributed by atoms with Gasteiger partial charge >= 0.3 is 6.18 Å². The van der Waals surface area contributed by atoms with E-state index >= 15 is 0 Å². The van der Waals surface area contributed by atoms with Gasteiger partial charge in [0.2, 0.25) is 0 Å². The molecule has 0 unspecified atom stereocenters. The molecule has 0 aromatic heterocycles. The Balaban J connectivity index is 1.68. The second kappa shape index (κ2) is 8.08. The van der Waals surface area contributed by atoms with Gasteiger partial charge < -0.3 is 0 Å². The number of nitrogens with zero attached hydrogens (tertiary/aromatic N) is 1. The standard InChI is InChI=1S/C21H17F3N2O2S/c1-15-2-12-20(13-3-15)29(27,28)26-25-14-16-4-6-17(7-5-16)18-8-10-19(11-9-18)21(22,23)24/h2-14,26H,1H3/b25-14-. The van der Waals surface area contributed by atoms with Gasteiger partial charge in [0.15, 0.2) is 0 Å². The van der Waals surface area contributed by atoms with E-state index in [9.17, 15) is 21.6 Å². The molecule has 3 rings (SSSR count). The van der Waals surface area contributed by atoms with Crippen molar-refractivity contribution in [3.63, 3.8) is 0 Å². The lowest BCUT2D eigenvalue weighted by atomic mass is 10.0. The van der Waals surface area contributed by atoms with Crippen molar-refractivity contribution in [3.05, 3.63) is 89.5 Å². The average Bonchev–Trinajstić information content (AvgIpc) is 2.68. The van der Waals surface area contributed by atoms with Crippen LogP contribution in [0.3, 0.4) is 0 Å². The van der Waals surface area contributed by atoms with E-state index in [0.717, 1.165) is 23.3 Å². The van der Waals surface area contributed by atoms with Crippen molar-refractivity contribution in [1.29, 1.82) is 0 Å². The Morgan fingerprint density at radius 1 is 0.828 bits per heavy atom. The molecule has 0 fully saturated rings. The third-order valence-corrected chi connectivity index (χ3v) is 5.41. The quantitative estimate of drug-likeness (QED) is 0.469. The van der Waals surface area contributed by atoms with Crippen LogP contribution < -0.4 is 4.83 Å². The van der Waals surface area contributed by atoms with E-state index in [-0.39, 0.29) is 4.90 Å². The summed E-state index contributed by atoms with van der Waals surface area (Å²) in [5.41, 5.74) is 2.25. The minimum absolute atomic E-state index is 0.109. The van der Waals surface area contributed by atoms with Gasteiger partial charge in [0.05, 0.1) is 16.7 Å². The normalized spacial score (nSPS) is 12.3. The number of rotatable bonds is 5. The second-order valence-corrected chi connectivity index (χ2v) is 8.02. The molecule has 1 N–H and O–H groups in total. The summed E-state index contributed by atoms with van der Waals surface area (Å²) in [7, 11) is -3.75. The number of nitrogens with one attached hydrogen (secondary N) is 1. The first kappa shape index (κ1) is 20.6. The number of aryl methyl sites for hydroxylation is 1. The average molecular weight is 418 g/mol. The van der Waals surface area contributed by atoms with Crippen LogP contribution >= 0.6 is 0 Å². The largest absolute Gasteiger partial charge is 0.416 e. The third kappa shape index (κ3) is 5.23. The molecule has 29 heavy (non-hydrogen) atoms. The Labute approximate surface area is 166 Å². The van der Waals surface area contributed by atoms with Gasteiger partial charge in [0.1, 0.15) is 0 Å². The van der Waals surface area contributed by atoms with Gasteiger partial charge in [-0.05, 0) is 47.9 Å². The molecule has 0 amide bonds. The lowest BCUT2D eigenvalue weighted by Gasteiger charge is -2.08. The first-order valence-electron chi connectivity index (χ1n) is 8.54. The van der Waals surface area contributed by atoms with Gasteiger partial charge in [-0.3, -0.25) is 0 Å². The Hall–Kier alpha value is -3.13. The fourth-order valence-electron chi connectivity index (χ4n) is 2.55. The number of sulfonamides is 1. The summed E-state index contributed by atoms with van der Waals surface area (Å²) in [4.78, 5) is 2.25. The maximum atomic E-state index is 12.6. The van der Waals surface area contributed by atoms with Crippen molar-refractivity contribution in [2.24, 2.45) is 5.10 Å². The van der Waals surface area contributed by atoms with Crippen LogP contribution in [-0.2, 0) is 16.2 Å². The highest BCUT2D eigenvalue weighted by molar-refractivity contribution is 7.89. The van der Waals surface area contributed by atoms with Crippen LogP contribution in [0.4, 0.5) is 13.2 Å². The third-order valence-electron chi connectivity index (χ3n) is 4.17. The van der Waals surface area contributed by atoms with Gasteiger partial charge in [-0.1, -0.05) is 54.1 Å². The highest BCUT2D eigenvalue weighted by Gasteiger charge is 2.29. The van der Waals surface area contributed by atoms with Crippen LogP contribution in [0.15, 0.2) is 82.8 Å². The van der Waals surface area contributed by atoms with Crippen molar-refractivity contribution < 1.29 is 21.6 Å². The summed E-state index contributed by atoms with van der Waals surface area (Å²) in [5, 5.41) is 3.77. The molecule has 0 aliphatic rings. The van der Waals surface area contributed by atoms with Crippen LogP contribution in [0, 0.1) is 6.92 Å². The van der Waals surface area contributed by atoms with Crippen LogP contribution in [0.2, 0.25) is 0 Å². The Kier molecular flexibility index (Phi) is 5.74. The smallest absolute Gasteiger partial charge is 0.200 e. The topological polar surface area (TPSA) is 58.5 Å². The zero-order chi connectivity index (χ0) is 21.1. The Morgan fingerprint density at radius 2 is 1.34 bits per heavy atom. The number of hydrazone groups is 1. The van der Waals surface area contributed by atoms with Crippen LogP contribution in [0.1, 0.15) is 16.7 Å². The number of alkyl halides is 3. The zero-order valence-electron chi connectivity index (χ0n) is 15.3. The Morgan fingerprint density at radius 3 is 1.86 bits per heavy atom.